The minimum absolute atomic E-state index is 0. The van der Waals surface area contributed by atoms with Gasteiger partial charge in [-0.05, 0) is 94.7 Å². The molecule has 390 valence electrons. The Morgan fingerprint density at radius 3 is 1.56 bits per heavy atom. The Morgan fingerprint density at radius 1 is 0.600 bits per heavy atom. The summed E-state index contributed by atoms with van der Waals surface area (Å²) in [6.07, 6.45) is 41.7. The average Bonchev–Trinajstić information content (AvgIpc) is 3.67. The van der Waals surface area contributed by atoms with E-state index >= 15 is 0 Å². The fourth-order valence-corrected chi connectivity index (χ4v) is 8.60. The van der Waals surface area contributed by atoms with Gasteiger partial charge in [-0.15, -0.1) is 0 Å². The standard InChI is InChI=1S/C55H89N2O11P.Na/c1-3-5-7-9-11-13-15-17-19-21-23-25-27-29-31-36-54(61)65-46-50(68-55(62)37-32-30-28-26-24-22-20-18-16-14-12-10-8-6-4-2)47-67-69(63,64)66-45-44-56-51(58)35-33-34-48-38-40-49(41-39-48)57-52(59)42-43-53(57)60;/h17-20,38-43,50H,3-16,21-37,44-47H2,1-2H3,(H,56,58)(H,63,64);/q;+1/p-1/b19-17+,20-18+;. The van der Waals surface area contributed by atoms with Crippen molar-refractivity contribution >= 4 is 43.2 Å². The third kappa shape index (κ3) is 35.3. The zero-order chi connectivity index (χ0) is 50.1. The number of ether oxygens (including phenoxy) is 2. The molecule has 2 rings (SSSR count). The summed E-state index contributed by atoms with van der Waals surface area (Å²) in [5, 5.41) is 2.62. The van der Waals surface area contributed by atoms with Gasteiger partial charge in [0.05, 0.1) is 18.9 Å². The van der Waals surface area contributed by atoms with Crippen molar-refractivity contribution in [3.05, 3.63) is 66.3 Å². The Labute approximate surface area is 444 Å². The molecule has 1 aliphatic rings. The van der Waals surface area contributed by atoms with Crippen molar-refractivity contribution in [2.24, 2.45) is 0 Å². The van der Waals surface area contributed by atoms with E-state index in [1.807, 2.05) is 0 Å². The maximum Gasteiger partial charge on any atom is 1.00 e. The molecule has 1 aliphatic heterocycles. The second-order valence-electron chi connectivity index (χ2n) is 18.3. The number of nitrogens with one attached hydrogen (secondary N) is 1. The van der Waals surface area contributed by atoms with Gasteiger partial charge in [0.25, 0.3) is 19.6 Å². The van der Waals surface area contributed by atoms with E-state index in [0.717, 1.165) is 87.5 Å². The number of aryl methyl sites for hydroxylation is 1. The molecular weight excluding hydrogens is 919 g/mol. The Balaban J connectivity index is 0.0000245. The van der Waals surface area contributed by atoms with E-state index in [1.54, 1.807) is 24.3 Å². The molecule has 0 aromatic heterocycles. The monoisotopic (exact) mass is 1010 g/mol. The first-order chi connectivity index (χ1) is 33.5. The summed E-state index contributed by atoms with van der Waals surface area (Å²) in [6, 6.07) is 6.95. The van der Waals surface area contributed by atoms with Gasteiger partial charge in [0.1, 0.15) is 6.61 Å². The molecule has 0 saturated heterocycles. The van der Waals surface area contributed by atoms with E-state index in [1.165, 1.54) is 89.2 Å². The summed E-state index contributed by atoms with van der Waals surface area (Å²) in [5.41, 5.74) is 1.39. The molecule has 1 heterocycles. The molecule has 70 heavy (non-hydrogen) atoms. The van der Waals surface area contributed by atoms with E-state index < -0.39 is 44.3 Å². The number of phosphoric acid groups is 1. The van der Waals surface area contributed by atoms with Gasteiger partial charge in [0, 0.05) is 38.0 Å². The van der Waals surface area contributed by atoms with Crippen molar-refractivity contribution in [1.29, 1.82) is 0 Å². The van der Waals surface area contributed by atoms with Crippen LogP contribution >= 0.6 is 7.82 Å². The summed E-state index contributed by atoms with van der Waals surface area (Å²) in [5.74, 6) is -2.06. The molecule has 2 atom stereocenters. The van der Waals surface area contributed by atoms with Crippen LogP contribution in [0.4, 0.5) is 5.69 Å². The number of nitrogens with zero attached hydrogens (tertiary/aromatic N) is 1. The van der Waals surface area contributed by atoms with Crippen molar-refractivity contribution in [2.45, 2.75) is 219 Å². The van der Waals surface area contributed by atoms with E-state index in [-0.39, 0.29) is 74.5 Å². The Morgan fingerprint density at radius 2 is 1.06 bits per heavy atom. The number of carbonyl (C=O) groups is 5. The molecule has 1 N–H and O–H groups in total. The van der Waals surface area contributed by atoms with E-state index in [9.17, 15) is 33.4 Å². The molecule has 2 unspecified atom stereocenters. The summed E-state index contributed by atoms with van der Waals surface area (Å²) >= 11 is 0. The predicted octanol–water partition coefficient (Wildman–Crippen LogP) is 9.59. The minimum atomic E-state index is -4.87. The molecule has 0 spiro atoms. The Kier molecular flexibility index (Phi) is 40.6. The molecule has 0 fully saturated rings. The third-order valence-electron chi connectivity index (χ3n) is 12.0. The fraction of sp³-hybridized carbons (Fsp3) is 0.691. The SMILES string of the molecule is CCCCCCCC/C=C/CCCCCCCC(=O)OCC(COP(=O)([O-])OCCNC(=O)CCCc1ccc(N2C(=O)C=CC2=O)cc1)OC(=O)CCCCCCC/C=C/CCCCCCCC.[Na+]. The van der Waals surface area contributed by atoms with E-state index in [2.05, 4.69) is 43.5 Å². The largest absolute Gasteiger partial charge is 1.00 e. The van der Waals surface area contributed by atoms with Gasteiger partial charge in [0.2, 0.25) is 5.91 Å². The van der Waals surface area contributed by atoms with Gasteiger partial charge in [-0.1, -0.05) is 153 Å². The summed E-state index contributed by atoms with van der Waals surface area (Å²) in [6.45, 7) is 3.08. The topological polar surface area (TPSA) is 178 Å². The van der Waals surface area contributed by atoms with Crippen molar-refractivity contribution in [1.82, 2.24) is 5.32 Å². The van der Waals surface area contributed by atoms with Crippen molar-refractivity contribution in [3.63, 3.8) is 0 Å². The molecule has 0 bridgehead atoms. The number of hydrogen-bond acceptors (Lipinski definition) is 11. The number of amides is 3. The van der Waals surface area contributed by atoms with Crippen LogP contribution in [0, 0.1) is 0 Å². The summed E-state index contributed by atoms with van der Waals surface area (Å²) < 4.78 is 33.6. The third-order valence-corrected chi connectivity index (χ3v) is 12.9. The number of rotatable bonds is 45. The quantitative estimate of drug-likeness (QED) is 0.0164. The second-order valence-corrected chi connectivity index (χ2v) is 19.7. The van der Waals surface area contributed by atoms with Gasteiger partial charge in [0.15, 0.2) is 6.10 Å². The van der Waals surface area contributed by atoms with Crippen LogP contribution in [-0.4, -0.2) is 62.1 Å². The number of phosphoric ester groups is 1. The smallest absolute Gasteiger partial charge is 0.756 e. The number of benzene rings is 1. The number of anilines is 1. The second kappa shape index (κ2) is 43.7. The first-order valence-corrected chi connectivity index (χ1v) is 28.2. The predicted molar refractivity (Wildman–Crippen MR) is 273 cm³/mol. The summed E-state index contributed by atoms with van der Waals surface area (Å²) in [4.78, 5) is 75.4. The average molecular weight is 1010 g/mol. The first-order valence-electron chi connectivity index (χ1n) is 26.7. The van der Waals surface area contributed by atoms with Gasteiger partial charge >= 0.3 is 41.5 Å². The fourth-order valence-electron chi connectivity index (χ4n) is 7.87. The number of imide groups is 1. The number of unbranched alkanes of at least 4 members (excludes halogenated alkanes) is 22. The van der Waals surface area contributed by atoms with Crippen molar-refractivity contribution in [2.75, 3.05) is 31.3 Å². The van der Waals surface area contributed by atoms with E-state index in [4.69, 9.17) is 18.5 Å². The van der Waals surface area contributed by atoms with Gasteiger partial charge in [-0.25, -0.2) is 4.90 Å². The van der Waals surface area contributed by atoms with Crippen molar-refractivity contribution < 1.29 is 81.5 Å². The van der Waals surface area contributed by atoms with Crippen LogP contribution in [0.25, 0.3) is 0 Å². The maximum atomic E-state index is 12.8. The van der Waals surface area contributed by atoms with Crippen LogP contribution in [0.2, 0.25) is 0 Å². The molecule has 13 nitrogen and oxygen atoms in total. The number of carbonyl (C=O) groups excluding carboxylic acids is 5. The van der Waals surface area contributed by atoms with E-state index in [0.29, 0.717) is 31.4 Å². The Hall–Kier alpha value is -2.90. The normalized spacial score (nSPS) is 13.8. The van der Waals surface area contributed by atoms with Crippen molar-refractivity contribution in [3.8, 4) is 0 Å². The molecule has 0 radical (unpaired) electrons. The zero-order valence-corrected chi connectivity index (χ0v) is 46.4. The van der Waals surface area contributed by atoms with Crippen LogP contribution in [0.1, 0.15) is 212 Å². The number of allylic oxidation sites excluding steroid dienone is 4. The van der Waals surface area contributed by atoms with Crippen LogP contribution in [0.15, 0.2) is 60.7 Å². The van der Waals surface area contributed by atoms with Crippen LogP contribution in [-0.2, 0) is 53.5 Å². The molecular formula is C55H88N2NaO11P. The molecule has 1 aromatic rings. The first kappa shape index (κ1) is 65.1. The van der Waals surface area contributed by atoms with Gasteiger partial charge in [-0.2, -0.15) is 0 Å². The number of esters is 2. The molecule has 0 aliphatic carbocycles. The van der Waals surface area contributed by atoms with Crippen LogP contribution in [0.5, 0.6) is 0 Å². The maximum absolute atomic E-state index is 12.8. The van der Waals surface area contributed by atoms with Crippen LogP contribution < -0.4 is 44.7 Å². The minimum Gasteiger partial charge on any atom is -0.756 e. The molecule has 0 saturated carbocycles. The Bertz CT molecular complexity index is 1690. The summed E-state index contributed by atoms with van der Waals surface area (Å²) in [7, 11) is -4.87. The van der Waals surface area contributed by atoms with Gasteiger partial charge < -0.3 is 28.7 Å². The van der Waals surface area contributed by atoms with Crippen LogP contribution in [0.3, 0.4) is 0 Å². The number of hydrogen-bond donors (Lipinski definition) is 1. The molecule has 3 amide bonds. The zero-order valence-electron chi connectivity index (χ0n) is 43.5. The molecule has 1 aromatic carbocycles. The molecule has 15 heteroatoms. The van der Waals surface area contributed by atoms with Gasteiger partial charge in [-0.3, -0.25) is 28.5 Å².